The number of benzene rings is 1. The summed E-state index contributed by atoms with van der Waals surface area (Å²) >= 11 is 7.03. The van der Waals surface area contributed by atoms with E-state index in [1.54, 1.807) is 10.9 Å². The van der Waals surface area contributed by atoms with Gasteiger partial charge in [-0.1, -0.05) is 17.7 Å². The lowest BCUT2D eigenvalue weighted by Crippen LogP contribution is -2.19. The first-order valence-corrected chi connectivity index (χ1v) is 8.85. The van der Waals surface area contributed by atoms with Crippen LogP contribution >= 0.6 is 23.4 Å². The third-order valence-corrected chi connectivity index (χ3v) is 4.57. The van der Waals surface area contributed by atoms with Crippen molar-refractivity contribution in [1.82, 2.24) is 15.1 Å². The molecule has 24 heavy (non-hydrogen) atoms. The van der Waals surface area contributed by atoms with Crippen LogP contribution in [0.2, 0.25) is 0 Å². The van der Waals surface area contributed by atoms with Gasteiger partial charge in [-0.2, -0.15) is 5.10 Å². The number of carbonyl (C=O) groups excluding carboxylic acids is 1. The molecule has 1 aliphatic rings. The van der Waals surface area contributed by atoms with Crippen LogP contribution in [-0.2, 0) is 11.3 Å². The zero-order valence-corrected chi connectivity index (χ0v) is 15.0. The monoisotopic (exact) mass is 360 g/mol. The van der Waals surface area contributed by atoms with E-state index in [9.17, 15) is 4.79 Å². The lowest BCUT2D eigenvalue weighted by atomic mass is 10.1. The lowest BCUT2D eigenvalue weighted by molar-refractivity contribution is -0.115. The highest BCUT2D eigenvalue weighted by Crippen LogP contribution is 2.29. The fourth-order valence-electron chi connectivity index (χ4n) is 2.34. The van der Waals surface area contributed by atoms with E-state index in [1.165, 1.54) is 17.3 Å². The third-order valence-electron chi connectivity index (χ3n) is 3.49. The van der Waals surface area contributed by atoms with E-state index in [4.69, 9.17) is 11.6 Å². The first-order valence-electron chi connectivity index (χ1n) is 7.50. The van der Waals surface area contributed by atoms with Gasteiger partial charge in [-0.3, -0.25) is 9.48 Å². The highest BCUT2D eigenvalue weighted by Gasteiger charge is 2.24. The number of aromatic nitrogens is 2. The number of alkyl halides is 1. The lowest BCUT2D eigenvalue weighted by Gasteiger charge is -2.02. The summed E-state index contributed by atoms with van der Waals surface area (Å²) < 4.78 is 1.75. The molecule has 2 heterocycles. The maximum atomic E-state index is 12.1. The fraction of sp³-hybridized carbons (Fsp3) is 0.235. The number of halogens is 1. The van der Waals surface area contributed by atoms with Crippen LogP contribution in [0.4, 0.5) is 5.69 Å². The van der Waals surface area contributed by atoms with Crippen LogP contribution in [0.15, 0.2) is 40.5 Å². The number of nitrogens with one attached hydrogen (secondary N) is 1. The summed E-state index contributed by atoms with van der Waals surface area (Å²) in [7, 11) is 0. The van der Waals surface area contributed by atoms with Crippen molar-refractivity contribution >= 4 is 46.2 Å². The minimum absolute atomic E-state index is 0.145. The maximum absolute atomic E-state index is 12.1. The first-order chi connectivity index (χ1) is 11.5. The normalized spacial score (nSPS) is 17.7. The summed E-state index contributed by atoms with van der Waals surface area (Å²) in [5.74, 6) is 0.355. The van der Waals surface area contributed by atoms with E-state index in [2.05, 4.69) is 21.5 Å². The van der Waals surface area contributed by atoms with Gasteiger partial charge in [-0.05, 0) is 43.3 Å². The topological polar surface area (TPSA) is 59.3 Å². The van der Waals surface area contributed by atoms with E-state index in [0.717, 1.165) is 16.8 Å². The predicted octanol–water partition coefficient (Wildman–Crippen LogP) is 3.63. The second kappa shape index (κ2) is 7.23. The SMILES string of the molecule is Cc1ccc(N=C2NC(=O)/C(=C/c3cnn(CCCl)c3)S2)c(C)c1. The molecule has 1 aliphatic heterocycles. The molecular formula is C17H17ClN4OS. The molecule has 1 aromatic heterocycles. The van der Waals surface area contributed by atoms with Gasteiger partial charge in [0.05, 0.1) is 23.3 Å². The molecule has 3 rings (SSSR count). The van der Waals surface area contributed by atoms with Crippen LogP contribution in [0.3, 0.4) is 0 Å². The van der Waals surface area contributed by atoms with Crippen LogP contribution in [0.1, 0.15) is 16.7 Å². The average molecular weight is 361 g/mol. The molecule has 2 aromatic rings. The van der Waals surface area contributed by atoms with Crippen LogP contribution in [0.5, 0.6) is 0 Å². The molecule has 124 valence electrons. The standard InChI is InChI=1S/C17H17ClN4OS/c1-11-3-4-14(12(2)7-11)20-17-21-16(23)15(24-17)8-13-9-19-22(10-13)6-5-18/h3-4,7-10H,5-6H2,1-2H3,(H,20,21,23)/b15-8-. The van der Waals surface area contributed by atoms with Gasteiger partial charge in [-0.25, -0.2) is 4.99 Å². The van der Waals surface area contributed by atoms with Crippen molar-refractivity contribution in [2.45, 2.75) is 20.4 Å². The molecule has 5 nitrogen and oxygen atoms in total. The number of hydrogen-bond acceptors (Lipinski definition) is 4. The van der Waals surface area contributed by atoms with Gasteiger partial charge >= 0.3 is 0 Å². The summed E-state index contributed by atoms with van der Waals surface area (Å²) in [6, 6.07) is 6.04. The molecule has 1 amide bonds. The van der Waals surface area contributed by atoms with E-state index in [1.807, 2.05) is 38.3 Å². The van der Waals surface area contributed by atoms with Gasteiger partial charge in [-0.15, -0.1) is 11.6 Å². The van der Waals surface area contributed by atoms with Crippen molar-refractivity contribution in [2.24, 2.45) is 4.99 Å². The van der Waals surface area contributed by atoms with Crippen molar-refractivity contribution in [3.8, 4) is 0 Å². The Bertz CT molecular complexity index is 841. The highest BCUT2D eigenvalue weighted by atomic mass is 35.5. The van der Waals surface area contributed by atoms with Gasteiger partial charge in [0.15, 0.2) is 5.17 Å². The molecule has 0 atom stereocenters. The molecule has 0 saturated carbocycles. The quantitative estimate of drug-likeness (QED) is 0.669. The molecule has 1 N–H and O–H groups in total. The van der Waals surface area contributed by atoms with E-state index >= 15 is 0 Å². The second-order valence-electron chi connectivity index (χ2n) is 5.50. The summed E-state index contributed by atoms with van der Waals surface area (Å²) in [6.07, 6.45) is 5.39. The zero-order chi connectivity index (χ0) is 17.1. The number of hydrogen-bond donors (Lipinski definition) is 1. The number of amidine groups is 1. The minimum Gasteiger partial charge on any atom is -0.300 e. The molecule has 1 saturated heterocycles. The maximum Gasteiger partial charge on any atom is 0.264 e. The Morgan fingerprint density at radius 3 is 3.00 bits per heavy atom. The third kappa shape index (κ3) is 3.88. The fourth-order valence-corrected chi connectivity index (χ4v) is 3.34. The smallest absolute Gasteiger partial charge is 0.264 e. The number of aliphatic imine (C=N–C) groups is 1. The van der Waals surface area contributed by atoms with Crippen LogP contribution in [-0.4, -0.2) is 26.7 Å². The number of thioether (sulfide) groups is 1. The van der Waals surface area contributed by atoms with Crippen molar-refractivity contribution in [3.63, 3.8) is 0 Å². The molecule has 0 spiro atoms. The number of aryl methyl sites for hydroxylation is 3. The van der Waals surface area contributed by atoms with Gasteiger partial charge in [0.2, 0.25) is 0 Å². The Labute approximate surface area is 149 Å². The van der Waals surface area contributed by atoms with Crippen LogP contribution in [0, 0.1) is 13.8 Å². The predicted molar refractivity (Wildman–Crippen MR) is 99.7 cm³/mol. The van der Waals surface area contributed by atoms with Gasteiger partial charge in [0, 0.05) is 17.6 Å². The summed E-state index contributed by atoms with van der Waals surface area (Å²) in [4.78, 5) is 17.3. The minimum atomic E-state index is -0.145. The molecule has 0 aliphatic carbocycles. The van der Waals surface area contributed by atoms with E-state index in [0.29, 0.717) is 22.5 Å². The van der Waals surface area contributed by atoms with E-state index in [-0.39, 0.29) is 5.91 Å². The Balaban J connectivity index is 1.79. The summed E-state index contributed by atoms with van der Waals surface area (Å²) in [6.45, 7) is 4.70. The van der Waals surface area contributed by atoms with Gasteiger partial charge < -0.3 is 5.32 Å². The highest BCUT2D eigenvalue weighted by molar-refractivity contribution is 8.18. The average Bonchev–Trinajstić information content (AvgIpc) is 3.10. The summed E-state index contributed by atoms with van der Waals surface area (Å²) in [5, 5.41) is 7.59. The largest absolute Gasteiger partial charge is 0.300 e. The number of amides is 1. The first kappa shape index (κ1) is 16.8. The summed E-state index contributed by atoms with van der Waals surface area (Å²) in [5.41, 5.74) is 4.00. The van der Waals surface area contributed by atoms with Gasteiger partial charge in [0.25, 0.3) is 5.91 Å². The molecule has 0 radical (unpaired) electrons. The van der Waals surface area contributed by atoms with Gasteiger partial charge in [0.1, 0.15) is 0 Å². The second-order valence-corrected chi connectivity index (χ2v) is 6.91. The number of rotatable bonds is 4. The molecular weight excluding hydrogens is 344 g/mol. The Morgan fingerprint density at radius 1 is 1.42 bits per heavy atom. The van der Waals surface area contributed by atoms with Crippen molar-refractivity contribution in [1.29, 1.82) is 0 Å². The van der Waals surface area contributed by atoms with Crippen LogP contribution in [0.25, 0.3) is 6.08 Å². The zero-order valence-electron chi connectivity index (χ0n) is 13.4. The Kier molecular flexibility index (Phi) is 5.06. The molecule has 1 aromatic carbocycles. The molecule has 1 fully saturated rings. The van der Waals surface area contributed by atoms with Crippen molar-refractivity contribution in [2.75, 3.05) is 5.88 Å². The van der Waals surface area contributed by atoms with Crippen molar-refractivity contribution in [3.05, 3.63) is 52.2 Å². The molecule has 0 unspecified atom stereocenters. The van der Waals surface area contributed by atoms with Crippen molar-refractivity contribution < 1.29 is 4.79 Å². The number of carbonyl (C=O) groups is 1. The Morgan fingerprint density at radius 2 is 2.25 bits per heavy atom. The molecule has 7 heteroatoms. The Hall–Kier alpha value is -2.05. The number of nitrogens with zero attached hydrogens (tertiary/aromatic N) is 3. The van der Waals surface area contributed by atoms with E-state index < -0.39 is 0 Å². The van der Waals surface area contributed by atoms with Crippen LogP contribution < -0.4 is 5.32 Å². The molecule has 0 bridgehead atoms.